The van der Waals surface area contributed by atoms with E-state index in [1.165, 1.54) is 12.8 Å². The fraction of sp³-hybridized carbons (Fsp3) is 0.438. The monoisotopic (exact) mass is 289 g/mol. The van der Waals surface area contributed by atoms with Gasteiger partial charge >= 0.3 is 0 Å². The van der Waals surface area contributed by atoms with Gasteiger partial charge in [0.25, 0.3) is 0 Å². The Balaban J connectivity index is 1.88. The molecule has 4 heteroatoms. The molecule has 1 aromatic carbocycles. The molecule has 1 aromatic heterocycles. The van der Waals surface area contributed by atoms with Crippen LogP contribution >= 0.6 is 11.6 Å². The van der Waals surface area contributed by atoms with Gasteiger partial charge in [0.05, 0.1) is 5.52 Å². The number of pyridine rings is 1. The molecule has 1 saturated heterocycles. The minimum atomic E-state index is 0.617. The van der Waals surface area contributed by atoms with Gasteiger partial charge in [0, 0.05) is 29.5 Å². The number of anilines is 1. The third-order valence-electron chi connectivity index (χ3n) is 4.09. The highest BCUT2D eigenvalue weighted by Crippen LogP contribution is 2.24. The molecule has 0 aliphatic carbocycles. The average molecular weight is 290 g/mol. The van der Waals surface area contributed by atoms with Gasteiger partial charge in [0.2, 0.25) is 0 Å². The van der Waals surface area contributed by atoms with E-state index in [1.807, 2.05) is 18.2 Å². The van der Waals surface area contributed by atoms with Gasteiger partial charge in [-0.3, -0.25) is 0 Å². The third kappa shape index (κ3) is 2.74. The largest absolute Gasteiger partial charge is 0.355 e. The molecule has 1 unspecified atom stereocenters. The van der Waals surface area contributed by atoms with Gasteiger partial charge in [0.15, 0.2) is 0 Å². The lowest BCUT2D eigenvalue weighted by molar-refractivity contribution is 0.257. The fourth-order valence-electron chi connectivity index (χ4n) is 2.85. The maximum atomic E-state index is 6.02. The molecule has 0 radical (unpaired) electrons. The summed E-state index contributed by atoms with van der Waals surface area (Å²) in [7, 11) is 4.31. The molecule has 1 aliphatic heterocycles. The lowest BCUT2D eigenvalue weighted by Crippen LogP contribution is -2.45. The Labute approximate surface area is 125 Å². The van der Waals surface area contributed by atoms with Gasteiger partial charge < -0.3 is 9.80 Å². The maximum absolute atomic E-state index is 6.02. The zero-order valence-electron chi connectivity index (χ0n) is 12.0. The topological polar surface area (TPSA) is 19.4 Å². The van der Waals surface area contributed by atoms with Crippen molar-refractivity contribution in [1.29, 1.82) is 0 Å². The summed E-state index contributed by atoms with van der Waals surface area (Å²) < 4.78 is 0. The molecule has 0 amide bonds. The number of aromatic nitrogens is 1. The highest BCUT2D eigenvalue weighted by molar-refractivity contribution is 6.31. The number of benzene rings is 1. The summed E-state index contributed by atoms with van der Waals surface area (Å²) in [6, 6.07) is 10.7. The molecule has 0 N–H and O–H groups in total. The van der Waals surface area contributed by atoms with Gasteiger partial charge in [-0.05, 0) is 57.3 Å². The number of fused-ring (bicyclic) bond motifs is 1. The summed E-state index contributed by atoms with van der Waals surface area (Å²) >= 11 is 6.02. The van der Waals surface area contributed by atoms with E-state index in [4.69, 9.17) is 16.6 Å². The summed E-state index contributed by atoms with van der Waals surface area (Å²) in [6.07, 6.45) is 2.50. The van der Waals surface area contributed by atoms with E-state index < -0.39 is 0 Å². The third-order valence-corrected chi connectivity index (χ3v) is 4.32. The number of halogens is 1. The first-order chi connectivity index (χ1) is 9.63. The molecule has 0 bridgehead atoms. The average Bonchev–Trinajstić information content (AvgIpc) is 2.47. The fourth-order valence-corrected chi connectivity index (χ4v) is 3.03. The van der Waals surface area contributed by atoms with Crippen LogP contribution in [0.4, 0.5) is 5.82 Å². The number of likely N-dealkylation sites (N-methyl/N-ethyl adjacent to an activating group) is 1. The summed E-state index contributed by atoms with van der Waals surface area (Å²) in [5.74, 6) is 1.08. The summed E-state index contributed by atoms with van der Waals surface area (Å²) in [5.41, 5.74) is 1.01. The van der Waals surface area contributed by atoms with E-state index in [0.717, 1.165) is 34.8 Å². The minimum Gasteiger partial charge on any atom is -0.355 e. The van der Waals surface area contributed by atoms with Crippen molar-refractivity contribution in [3.05, 3.63) is 35.4 Å². The van der Waals surface area contributed by atoms with Crippen LogP contribution in [0.25, 0.3) is 10.9 Å². The van der Waals surface area contributed by atoms with Gasteiger partial charge in [-0.1, -0.05) is 11.6 Å². The van der Waals surface area contributed by atoms with Crippen LogP contribution in [0.3, 0.4) is 0 Å². The molecule has 1 atom stereocenters. The Bertz CT molecular complexity index is 612. The number of rotatable bonds is 2. The van der Waals surface area contributed by atoms with Gasteiger partial charge in [-0.2, -0.15) is 0 Å². The van der Waals surface area contributed by atoms with Crippen LogP contribution in [-0.4, -0.2) is 43.1 Å². The van der Waals surface area contributed by atoms with Crippen LogP contribution in [0, 0.1) is 0 Å². The number of hydrogen-bond donors (Lipinski definition) is 0. The van der Waals surface area contributed by atoms with Crippen LogP contribution in [0.2, 0.25) is 5.02 Å². The van der Waals surface area contributed by atoms with Crippen molar-refractivity contribution in [3.8, 4) is 0 Å². The quantitative estimate of drug-likeness (QED) is 0.844. The molecule has 3 rings (SSSR count). The molecule has 2 heterocycles. The molecule has 0 spiro atoms. The SMILES string of the molecule is CN(C)C1CCCN(c2ccc3cc(Cl)ccc3n2)C1. The van der Waals surface area contributed by atoms with Crippen LogP contribution in [0.1, 0.15) is 12.8 Å². The second kappa shape index (κ2) is 5.58. The zero-order valence-corrected chi connectivity index (χ0v) is 12.8. The van der Waals surface area contributed by atoms with Crippen LogP contribution in [0.5, 0.6) is 0 Å². The Morgan fingerprint density at radius 3 is 2.90 bits per heavy atom. The molecule has 106 valence electrons. The predicted octanol–water partition coefficient (Wildman–Crippen LogP) is 3.42. The lowest BCUT2D eigenvalue weighted by atomic mass is 10.0. The summed E-state index contributed by atoms with van der Waals surface area (Å²) in [6.45, 7) is 2.15. The molecule has 1 aliphatic rings. The summed E-state index contributed by atoms with van der Waals surface area (Å²) in [5, 5.41) is 1.86. The molecular weight excluding hydrogens is 270 g/mol. The van der Waals surface area contributed by atoms with Crippen molar-refractivity contribution in [1.82, 2.24) is 9.88 Å². The van der Waals surface area contributed by atoms with Gasteiger partial charge in [-0.15, -0.1) is 0 Å². The predicted molar refractivity (Wildman–Crippen MR) is 85.7 cm³/mol. The van der Waals surface area contributed by atoms with E-state index in [-0.39, 0.29) is 0 Å². The normalized spacial score (nSPS) is 19.8. The molecular formula is C16H20ClN3. The minimum absolute atomic E-state index is 0.617. The maximum Gasteiger partial charge on any atom is 0.129 e. The first kappa shape index (κ1) is 13.7. The second-order valence-corrected chi connectivity index (χ2v) is 6.15. The van der Waals surface area contributed by atoms with E-state index in [0.29, 0.717) is 6.04 Å². The van der Waals surface area contributed by atoms with Crippen molar-refractivity contribution in [2.45, 2.75) is 18.9 Å². The lowest BCUT2D eigenvalue weighted by Gasteiger charge is -2.36. The summed E-state index contributed by atoms with van der Waals surface area (Å²) in [4.78, 5) is 9.49. The van der Waals surface area contributed by atoms with E-state index in [2.05, 4.69) is 36.0 Å². The second-order valence-electron chi connectivity index (χ2n) is 5.71. The Hall–Kier alpha value is -1.32. The van der Waals surface area contributed by atoms with Crippen LogP contribution < -0.4 is 4.90 Å². The van der Waals surface area contributed by atoms with E-state index >= 15 is 0 Å². The van der Waals surface area contributed by atoms with Crippen molar-refractivity contribution in [2.24, 2.45) is 0 Å². The van der Waals surface area contributed by atoms with Crippen molar-refractivity contribution >= 4 is 28.3 Å². The number of nitrogens with zero attached hydrogens (tertiary/aromatic N) is 3. The number of hydrogen-bond acceptors (Lipinski definition) is 3. The van der Waals surface area contributed by atoms with Crippen LogP contribution in [0.15, 0.2) is 30.3 Å². The van der Waals surface area contributed by atoms with Crippen molar-refractivity contribution < 1.29 is 0 Å². The molecule has 20 heavy (non-hydrogen) atoms. The highest BCUT2D eigenvalue weighted by Gasteiger charge is 2.22. The molecule has 2 aromatic rings. The standard InChI is InChI=1S/C16H20ClN3/c1-19(2)14-4-3-9-20(11-14)16-8-5-12-10-13(17)6-7-15(12)18-16/h5-8,10,14H,3-4,9,11H2,1-2H3. The smallest absolute Gasteiger partial charge is 0.129 e. The molecule has 1 fully saturated rings. The molecule has 0 saturated carbocycles. The number of piperidine rings is 1. The zero-order chi connectivity index (χ0) is 14.1. The van der Waals surface area contributed by atoms with E-state index in [1.54, 1.807) is 0 Å². The van der Waals surface area contributed by atoms with Crippen molar-refractivity contribution in [3.63, 3.8) is 0 Å². The molecule has 3 nitrogen and oxygen atoms in total. The Morgan fingerprint density at radius 1 is 1.25 bits per heavy atom. The Kier molecular flexibility index (Phi) is 3.81. The van der Waals surface area contributed by atoms with Gasteiger partial charge in [-0.25, -0.2) is 4.98 Å². The van der Waals surface area contributed by atoms with Crippen LogP contribution in [-0.2, 0) is 0 Å². The van der Waals surface area contributed by atoms with Gasteiger partial charge in [0.1, 0.15) is 5.82 Å². The van der Waals surface area contributed by atoms with Crippen molar-refractivity contribution in [2.75, 3.05) is 32.1 Å². The first-order valence-electron chi connectivity index (χ1n) is 7.11. The highest BCUT2D eigenvalue weighted by atomic mass is 35.5. The Morgan fingerprint density at radius 2 is 2.10 bits per heavy atom. The van der Waals surface area contributed by atoms with E-state index in [9.17, 15) is 0 Å². The first-order valence-corrected chi connectivity index (χ1v) is 7.49.